The molecule has 0 aliphatic carbocycles. The van der Waals surface area contributed by atoms with Crippen LogP contribution in [0.25, 0.3) is 16.0 Å². The Morgan fingerprint density at radius 3 is 2.57 bits per heavy atom. The van der Waals surface area contributed by atoms with E-state index in [2.05, 4.69) is 9.38 Å². The van der Waals surface area contributed by atoms with E-state index in [1.807, 2.05) is 61.5 Å². The van der Waals surface area contributed by atoms with Gasteiger partial charge in [0.15, 0.2) is 4.96 Å². The minimum absolute atomic E-state index is 0.0627. The number of para-hydroxylation sites is 2. The molecule has 0 atom stereocenters. The van der Waals surface area contributed by atoms with E-state index < -0.39 is 0 Å². The summed E-state index contributed by atoms with van der Waals surface area (Å²) in [6.07, 6.45) is 0. The fraction of sp³-hybridized carbons (Fsp3) is 0.0588. The Bertz CT molecular complexity index is 966. The molecular formula is C17H12N2OS. The van der Waals surface area contributed by atoms with Crippen LogP contribution in [0.15, 0.2) is 54.6 Å². The van der Waals surface area contributed by atoms with Crippen molar-refractivity contribution in [1.82, 2.24) is 9.38 Å². The van der Waals surface area contributed by atoms with E-state index in [-0.39, 0.29) is 5.78 Å². The number of thiazole rings is 1. The zero-order valence-corrected chi connectivity index (χ0v) is 12.2. The predicted octanol–water partition coefficient (Wildman–Crippen LogP) is 4.09. The van der Waals surface area contributed by atoms with Crippen molar-refractivity contribution < 1.29 is 4.79 Å². The molecule has 0 bridgehead atoms. The number of aromatic nitrogens is 2. The van der Waals surface area contributed by atoms with E-state index in [0.717, 1.165) is 32.1 Å². The van der Waals surface area contributed by atoms with Crippen LogP contribution in [0.4, 0.5) is 0 Å². The minimum Gasteiger partial charge on any atom is -0.288 e. The van der Waals surface area contributed by atoms with Crippen molar-refractivity contribution in [2.24, 2.45) is 0 Å². The number of nitrogens with zero attached hydrogens (tertiary/aromatic N) is 2. The topological polar surface area (TPSA) is 34.4 Å². The van der Waals surface area contributed by atoms with E-state index >= 15 is 0 Å². The zero-order chi connectivity index (χ0) is 14.4. The second-order valence-electron chi connectivity index (χ2n) is 4.93. The highest BCUT2D eigenvalue weighted by Gasteiger charge is 2.19. The van der Waals surface area contributed by atoms with Gasteiger partial charge in [0.1, 0.15) is 0 Å². The number of hydrogen-bond acceptors (Lipinski definition) is 3. The third-order valence-electron chi connectivity index (χ3n) is 3.63. The molecule has 2 aromatic heterocycles. The van der Waals surface area contributed by atoms with Crippen LogP contribution in [0.2, 0.25) is 0 Å². The Balaban J connectivity index is 1.95. The Morgan fingerprint density at radius 1 is 1.05 bits per heavy atom. The lowest BCUT2D eigenvalue weighted by Gasteiger charge is -2.00. The van der Waals surface area contributed by atoms with Crippen molar-refractivity contribution >= 4 is 33.1 Å². The molecule has 0 fully saturated rings. The fourth-order valence-corrected chi connectivity index (χ4v) is 3.70. The van der Waals surface area contributed by atoms with Crippen molar-refractivity contribution in [2.45, 2.75) is 6.92 Å². The van der Waals surface area contributed by atoms with E-state index in [1.165, 1.54) is 11.3 Å². The molecule has 3 nitrogen and oxygen atoms in total. The number of carbonyl (C=O) groups excluding carboxylic acids is 1. The molecule has 0 saturated heterocycles. The molecule has 2 aromatic carbocycles. The largest absolute Gasteiger partial charge is 0.288 e. The van der Waals surface area contributed by atoms with Gasteiger partial charge in [-0.25, -0.2) is 4.98 Å². The van der Waals surface area contributed by atoms with E-state index in [9.17, 15) is 4.79 Å². The Labute approximate surface area is 125 Å². The molecule has 21 heavy (non-hydrogen) atoms. The lowest BCUT2D eigenvalue weighted by Crippen LogP contribution is -2.01. The van der Waals surface area contributed by atoms with Gasteiger partial charge in [-0.3, -0.25) is 9.20 Å². The molecule has 2 heterocycles. The molecule has 0 aliphatic heterocycles. The first-order valence-corrected chi connectivity index (χ1v) is 7.53. The van der Waals surface area contributed by atoms with Crippen molar-refractivity contribution in [3.63, 3.8) is 0 Å². The van der Waals surface area contributed by atoms with Crippen LogP contribution in [0.1, 0.15) is 20.9 Å². The molecule has 0 unspecified atom stereocenters. The second-order valence-corrected chi connectivity index (χ2v) is 5.91. The maximum Gasteiger partial charge on any atom is 0.204 e. The summed E-state index contributed by atoms with van der Waals surface area (Å²) >= 11 is 1.45. The fourth-order valence-electron chi connectivity index (χ4n) is 2.59. The predicted molar refractivity (Wildman–Crippen MR) is 85.2 cm³/mol. The Kier molecular flexibility index (Phi) is 2.65. The van der Waals surface area contributed by atoms with E-state index in [0.29, 0.717) is 0 Å². The lowest BCUT2D eigenvalue weighted by molar-refractivity contribution is 0.104. The first-order chi connectivity index (χ1) is 10.3. The smallest absolute Gasteiger partial charge is 0.204 e. The summed E-state index contributed by atoms with van der Waals surface area (Å²) < 4.78 is 2.07. The van der Waals surface area contributed by atoms with E-state index in [1.54, 1.807) is 0 Å². The number of hydrogen-bond donors (Lipinski definition) is 0. The van der Waals surface area contributed by atoms with Gasteiger partial charge in [-0.2, -0.15) is 0 Å². The number of carbonyl (C=O) groups is 1. The third kappa shape index (κ3) is 1.80. The Hall–Kier alpha value is -2.46. The van der Waals surface area contributed by atoms with Crippen LogP contribution in [-0.2, 0) is 0 Å². The molecule has 102 valence electrons. The van der Waals surface area contributed by atoms with Gasteiger partial charge in [-0.05, 0) is 19.1 Å². The lowest BCUT2D eigenvalue weighted by atomic mass is 10.1. The first kappa shape index (κ1) is 12.3. The molecule has 0 N–H and O–H groups in total. The number of fused-ring (bicyclic) bond motifs is 3. The average molecular weight is 292 g/mol. The van der Waals surface area contributed by atoms with Gasteiger partial charge >= 0.3 is 0 Å². The third-order valence-corrected chi connectivity index (χ3v) is 4.77. The van der Waals surface area contributed by atoms with Crippen LogP contribution in [0, 0.1) is 6.92 Å². The number of aryl methyl sites for hydroxylation is 1. The summed E-state index contributed by atoms with van der Waals surface area (Å²) in [7, 11) is 0. The first-order valence-electron chi connectivity index (χ1n) is 6.72. The molecule has 4 heteroatoms. The quantitative estimate of drug-likeness (QED) is 0.522. The van der Waals surface area contributed by atoms with Gasteiger partial charge in [0.05, 0.1) is 15.9 Å². The summed E-state index contributed by atoms with van der Waals surface area (Å²) in [6.45, 7) is 1.98. The van der Waals surface area contributed by atoms with Crippen LogP contribution < -0.4 is 0 Å². The summed E-state index contributed by atoms with van der Waals surface area (Å²) in [4.78, 5) is 18.9. The monoisotopic (exact) mass is 292 g/mol. The van der Waals surface area contributed by atoms with Crippen molar-refractivity contribution in [3.8, 4) is 0 Å². The van der Waals surface area contributed by atoms with Crippen LogP contribution in [0.5, 0.6) is 0 Å². The van der Waals surface area contributed by atoms with Crippen molar-refractivity contribution in [1.29, 1.82) is 0 Å². The summed E-state index contributed by atoms with van der Waals surface area (Å²) in [5, 5.41) is 0. The summed E-state index contributed by atoms with van der Waals surface area (Å²) in [5.41, 5.74) is 3.69. The van der Waals surface area contributed by atoms with E-state index in [4.69, 9.17) is 0 Å². The molecular weight excluding hydrogens is 280 g/mol. The van der Waals surface area contributed by atoms with Crippen molar-refractivity contribution in [2.75, 3.05) is 0 Å². The number of ketones is 1. The molecule has 4 aromatic rings. The average Bonchev–Trinajstić information content (AvgIpc) is 3.04. The van der Waals surface area contributed by atoms with Gasteiger partial charge in [-0.1, -0.05) is 53.8 Å². The molecule has 4 rings (SSSR count). The minimum atomic E-state index is 0.0627. The maximum absolute atomic E-state index is 12.6. The molecule has 0 amide bonds. The van der Waals surface area contributed by atoms with Gasteiger partial charge < -0.3 is 0 Å². The van der Waals surface area contributed by atoms with Gasteiger partial charge in [-0.15, -0.1) is 0 Å². The van der Waals surface area contributed by atoms with Gasteiger partial charge in [0, 0.05) is 11.3 Å². The molecule has 0 radical (unpaired) electrons. The van der Waals surface area contributed by atoms with Crippen LogP contribution in [-0.4, -0.2) is 15.2 Å². The normalized spacial score (nSPS) is 11.3. The highest BCUT2D eigenvalue weighted by atomic mass is 32.1. The summed E-state index contributed by atoms with van der Waals surface area (Å²) in [5.74, 6) is 0.0627. The molecule has 0 saturated carbocycles. The van der Waals surface area contributed by atoms with Gasteiger partial charge in [0.25, 0.3) is 0 Å². The zero-order valence-electron chi connectivity index (χ0n) is 11.4. The number of imidazole rings is 1. The number of benzene rings is 2. The Morgan fingerprint density at radius 2 is 1.76 bits per heavy atom. The van der Waals surface area contributed by atoms with Crippen molar-refractivity contribution in [3.05, 3.63) is 70.7 Å². The van der Waals surface area contributed by atoms with Crippen LogP contribution in [0.3, 0.4) is 0 Å². The summed E-state index contributed by atoms with van der Waals surface area (Å²) in [6, 6.07) is 17.4. The molecule has 0 aliphatic rings. The highest BCUT2D eigenvalue weighted by Crippen LogP contribution is 2.29. The van der Waals surface area contributed by atoms with Crippen LogP contribution >= 0.6 is 11.3 Å². The number of rotatable bonds is 2. The standard InChI is InChI=1S/C17H12N2OS/c1-11-16(15(20)12-7-3-2-4-8-12)21-17-18-13-9-5-6-10-14(13)19(11)17/h2-10H,1H3. The second kappa shape index (κ2) is 4.53. The highest BCUT2D eigenvalue weighted by molar-refractivity contribution is 7.19. The maximum atomic E-state index is 12.6. The van der Waals surface area contributed by atoms with Gasteiger partial charge in [0.2, 0.25) is 5.78 Å². The molecule has 0 spiro atoms. The SMILES string of the molecule is Cc1c(C(=O)c2ccccc2)sc2nc3ccccc3n12.